The topological polar surface area (TPSA) is 86.2 Å². The second-order valence-corrected chi connectivity index (χ2v) is 2.99. The molecule has 0 rings (SSSR count). The standard InChI is InChI=1S/C6H12N2O2S/c1-3(9)4(7)2-5(11)6(8)10/h4-5,11H,2,7H2,1H3,(H2,8,10). The third-order valence-corrected chi connectivity index (χ3v) is 1.79. The van der Waals surface area contributed by atoms with Crippen molar-refractivity contribution in [1.82, 2.24) is 0 Å². The molecule has 4 nitrogen and oxygen atoms in total. The molecule has 0 spiro atoms. The van der Waals surface area contributed by atoms with Crippen molar-refractivity contribution < 1.29 is 9.59 Å². The number of primary amides is 1. The molecule has 0 saturated carbocycles. The zero-order chi connectivity index (χ0) is 9.02. The highest BCUT2D eigenvalue weighted by atomic mass is 32.1. The maximum absolute atomic E-state index is 10.6. The van der Waals surface area contributed by atoms with E-state index in [9.17, 15) is 9.59 Å². The Morgan fingerprint density at radius 3 is 2.27 bits per heavy atom. The van der Waals surface area contributed by atoms with Crippen LogP contribution in [0.3, 0.4) is 0 Å². The summed E-state index contributed by atoms with van der Waals surface area (Å²) >= 11 is 3.85. The Bertz CT molecular complexity index is 154. The van der Waals surface area contributed by atoms with Crippen LogP contribution < -0.4 is 11.5 Å². The van der Waals surface area contributed by atoms with Gasteiger partial charge in [-0.25, -0.2) is 0 Å². The highest BCUT2D eigenvalue weighted by Gasteiger charge is 2.17. The molecule has 4 N–H and O–H groups in total. The monoisotopic (exact) mass is 176 g/mol. The number of ketones is 1. The lowest BCUT2D eigenvalue weighted by Gasteiger charge is -2.10. The van der Waals surface area contributed by atoms with Crippen LogP contribution >= 0.6 is 12.6 Å². The van der Waals surface area contributed by atoms with E-state index in [2.05, 4.69) is 12.6 Å². The number of carbonyl (C=O) groups excluding carboxylic acids is 2. The van der Waals surface area contributed by atoms with Crippen LogP contribution in [0.4, 0.5) is 0 Å². The van der Waals surface area contributed by atoms with Gasteiger partial charge in [-0.05, 0) is 13.3 Å². The van der Waals surface area contributed by atoms with Gasteiger partial charge in [0.1, 0.15) is 5.78 Å². The molecule has 0 saturated heterocycles. The third-order valence-electron chi connectivity index (χ3n) is 1.33. The number of Topliss-reactive ketones (excluding diaryl/α,β-unsaturated/α-hetero) is 1. The number of hydrogen-bond donors (Lipinski definition) is 3. The first kappa shape index (κ1) is 10.4. The molecular formula is C6H12N2O2S. The summed E-state index contributed by atoms with van der Waals surface area (Å²) < 4.78 is 0. The van der Waals surface area contributed by atoms with E-state index in [1.807, 2.05) is 0 Å². The molecule has 0 aromatic rings. The molecule has 0 bridgehead atoms. The summed E-state index contributed by atoms with van der Waals surface area (Å²) in [6.45, 7) is 1.37. The number of amides is 1. The van der Waals surface area contributed by atoms with Crippen molar-refractivity contribution in [2.45, 2.75) is 24.6 Å². The van der Waals surface area contributed by atoms with Gasteiger partial charge in [0.25, 0.3) is 0 Å². The second-order valence-electron chi connectivity index (χ2n) is 2.37. The maximum Gasteiger partial charge on any atom is 0.230 e. The molecule has 0 aliphatic heterocycles. The van der Waals surface area contributed by atoms with Crippen LogP contribution in [0, 0.1) is 0 Å². The van der Waals surface area contributed by atoms with Gasteiger partial charge in [0.2, 0.25) is 5.91 Å². The Morgan fingerprint density at radius 2 is 2.00 bits per heavy atom. The Balaban J connectivity index is 3.84. The molecule has 11 heavy (non-hydrogen) atoms. The van der Waals surface area contributed by atoms with Gasteiger partial charge in [0, 0.05) is 0 Å². The predicted octanol–water partition coefficient (Wildman–Crippen LogP) is -0.924. The van der Waals surface area contributed by atoms with Crippen LogP contribution in [-0.2, 0) is 9.59 Å². The van der Waals surface area contributed by atoms with Crippen molar-refractivity contribution in [3.63, 3.8) is 0 Å². The molecule has 64 valence electrons. The van der Waals surface area contributed by atoms with Crippen LogP contribution in [0.15, 0.2) is 0 Å². The first-order chi connectivity index (χ1) is 4.95. The summed E-state index contributed by atoms with van der Waals surface area (Å²) in [5.74, 6) is -0.713. The summed E-state index contributed by atoms with van der Waals surface area (Å²) in [4.78, 5) is 21.0. The van der Waals surface area contributed by atoms with E-state index in [0.717, 1.165) is 0 Å². The fourth-order valence-electron chi connectivity index (χ4n) is 0.523. The van der Waals surface area contributed by atoms with E-state index in [4.69, 9.17) is 11.5 Å². The second kappa shape index (κ2) is 4.35. The van der Waals surface area contributed by atoms with Gasteiger partial charge in [-0.1, -0.05) is 0 Å². The lowest BCUT2D eigenvalue weighted by atomic mass is 10.1. The molecule has 0 heterocycles. The van der Waals surface area contributed by atoms with Gasteiger partial charge in [-0.15, -0.1) is 0 Å². The molecule has 0 fully saturated rings. The van der Waals surface area contributed by atoms with Crippen LogP contribution in [0.5, 0.6) is 0 Å². The highest BCUT2D eigenvalue weighted by molar-refractivity contribution is 7.81. The minimum absolute atomic E-state index is 0.162. The summed E-state index contributed by atoms with van der Waals surface area (Å²) in [5, 5.41) is -0.631. The van der Waals surface area contributed by atoms with Gasteiger partial charge in [0.15, 0.2) is 0 Å². The Morgan fingerprint density at radius 1 is 1.55 bits per heavy atom. The highest BCUT2D eigenvalue weighted by Crippen LogP contribution is 2.03. The summed E-state index contributed by atoms with van der Waals surface area (Å²) in [5.41, 5.74) is 10.3. The molecule has 2 unspecified atom stereocenters. The van der Waals surface area contributed by atoms with Crippen molar-refractivity contribution in [2.75, 3.05) is 0 Å². The van der Waals surface area contributed by atoms with Crippen molar-refractivity contribution in [2.24, 2.45) is 11.5 Å². The summed E-state index contributed by atoms with van der Waals surface area (Å²) in [7, 11) is 0. The lowest BCUT2D eigenvalue weighted by Crippen LogP contribution is -2.35. The molecule has 2 atom stereocenters. The van der Waals surface area contributed by atoms with Gasteiger partial charge in [-0.2, -0.15) is 12.6 Å². The Hall–Kier alpha value is -0.550. The number of hydrogen-bond acceptors (Lipinski definition) is 4. The summed E-state index contributed by atoms with van der Waals surface area (Å²) in [6.07, 6.45) is 0.202. The van der Waals surface area contributed by atoms with Crippen LogP contribution in [0.2, 0.25) is 0 Å². The minimum atomic E-state index is -0.634. The van der Waals surface area contributed by atoms with Crippen molar-refractivity contribution in [1.29, 1.82) is 0 Å². The molecule has 0 aromatic carbocycles. The average Bonchev–Trinajstić information content (AvgIpc) is 1.87. The quantitative estimate of drug-likeness (QED) is 0.484. The van der Waals surface area contributed by atoms with Crippen molar-refractivity contribution in [3.05, 3.63) is 0 Å². The minimum Gasteiger partial charge on any atom is -0.369 e. The van der Waals surface area contributed by atoms with E-state index in [1.165, 1.54) is 6.92 Å². The van der Waals surface area contributed by atoms with E-state index in [1.54, 1.807) is 0 Å². The first-order valence-electron chi connectivity index (χ1n) is 3.18. The van der Waals surface area contributed by atoms with E-state index in [-0.39, 0.29) is 12.2 Å². The van der Waals surface area contributed by atoms with Gasteiger partial charge in [-0.3, -0.25) is 9.59 Å². The van der Waals surface area contributed by atoms with E-state index < -0.39 is 17.2 Å². The SMILES string of the molecule is CC(=O)C(N)CC(S)C(N)=O. The van der Waals surface area contributed by atoms with Crippen LogP contribution in [-0.4, -0.2) is 23.0 Å². The molecule has 0 aliphatic rings. The first-order valence-corrected chi connectivity index (χ1v) is 3.70. The molecule has 0 aromatic heterocycles. The zero-order valence-electron chi connectivity index (χ0n) is 6.28. The molecule has 5 heteroatoms. The normalized spacial score (nSPS) is 15.5. The Kier molecular flexibility index (Phi) is 4.14. The lowest BCUT2D eigenvalue weighted by molar-refractivity contribution is -0.119. The van der Waals surface area contributed by atoms with Gasteiger partial charge in [0.05, 0.1) is 11.3 Å². The average molecular weight is 176 g/mol. The van der Waals surface area contributed by atoms with Gasteiger partial charge >= 0.3 is 0 Å². The van der Waals surface area contributed by atoms with Gasteiger partial charge < -0.3 is 11.5 Å². The number of rotatable bonds is 4. The maximum atomic E-state index is 10.6. The Labute approximate surface area is 70.7 Å². The van der Waals surface area contributed by atoms with Crippen molar-refractivity contribution in [3.8, 4) is 0 Å². The number of carbonyl (C=O) groups is 2. The molecule has 0 aliphatic carbocycles. The van der Waals surface area contributed by atoms with E-state index >= 15 is 0 Å². The molecular weight excluding hydrogens is 164 g/mol. The fraction of sp³-hybridized carbons (Fsp3) is 0.667. The third kappa shape index (κ3) is 4.00. The summed E-state index contributed by atoms with van der Waals surface area (Å²) in [6, 6.07) is -0.634. The zero-order valence-corrected chi connectivity index (χ0v) is 7.17. The van der Waals surface area contributed by atoms with Crippen molar-refractivity contribution >= 4 is 24.3 Å². The van der Waals surface area contributed by atoms with Crippen LogP contribution in [0.25, 0.3) is 0 Å². The fourth-order valence-corrected chi connectivity index (χ4v) is 0.750. The largest absolute Gasteiger partial charge is 0.369 e. The number of nitrogens with two attached hydrogens (primary N) is 2. The molecule has 0 radical (unpaired) electrons. The predicted molar refractivity (Wildman–Crippen MR) is 45.2 cm³/mol. The smallest absolute Gasteiger partial charge is 0.230 e. The molecule has 1 amide bonds. The van der Waals surface area contributed by atoms with E-state index in [0.29, 0.717) is 0 Å². The number of thiol groups is 1. The van der Waals surface area contributed by atoms with Crippen LogP contribution in [0.1, 0.15) is 13.3 Å².